The van der Waals surface area contributed by atoms with E-state index in [0.717, 1.165) is 11.3 Å². The summed E-state index contributed by atoms with van der Waals surface area (Å²) in [4.78, 5) is 24.3. The number of carbonyl (C=O) groups excluding carboxylic acids is 2. The quantitative estimate of drug-likeness (QED) is 0.583. The summed E-state index contributed by atoms with van der Waals surface area (Å²) in [6.45, 7) is 5.65. The van der Waals surface area contributed by atoms with Crippen LogP contribution in [0, 0.1) is 13.8 Å². The fourth-order valence-electron chi connectivity index (χ4n) is 2.43. The average Bonchev–Trinajstić information content (AvgIpc) is 2.79. The van der Waals surface area contributed by atoms with Crippen LogP contribution in [-0.4, -0.2) is 23.1 Å². The predicted octanol–water partition coefficient (Wildman–Crippen LogP) is 4.68. The number of halogens is 2. The number of hydrogen-bond acceptors (Lipinski definition) is 3. The van der Waals surface area contributed by atoms with Gasteiger partial charge in [0, 0.05) is 17.5 Å². The topological polar surface area (TPSA) is 48.3 Å². The SMILES string of the molecule is CCOC(=O)/C=C/c1cc(C)n(C(=O)c2c(Cl)cccc2Cl)c1C. The number of aromatic nitrogens is 1. The van der Waals surface area contributed by atoms with E-state index >= 15 is 0 Å². The Labute approximate surface area is 150 Å². The molecule has 2 rings (SSSR count). The van der Waals surface area contributed by atoms with Crippen LogP contribution in [0.4, 0.5) is 0 Å². The van der Waals surface area contributed by atoms with Crippen LogP contribution >= 0.6 is 23.2 Å². The minimum absolute atomic E-state index is 0.253. The zero-order valence-corrected chi connectivity index (χ0v) is 15.1. The van der Waals surface area contributed by atoms with Gasteiger partial charge in [-0.15, -0.1) is 0 Å². The molecule has 0 amide bonds. The number of nitrogens with zero attached hydrogens (tertiary/aromatic N) is 1. The molecule has 0 saturated heterocycles. The van der Waals surface area contributed by atoms with E-state index < -0.39 is 5.97 Å². The molecule has 1 aromatic heterocycles. The van der Waals surface area contributed by atoms with Gasteiger partial charge in [-0.1, -0.05) is 29.3 Å². The number of aryl methyl sites for hydroxylation is 1. The first kappa shape index (κ1) is 18.3. The lowest BCUT2D eigenvalue weighted by Gasteiger charge is -2.11. The summed E-state index contributed by atoms with van der Waals surface area (Å²) in [6.07, 6.45) is 2.96. The summed E-state index contributed by atoms with van der Waals surface area (Å²) in [6, 6.07) is 6.74. The lowest BCUT2D eigenvalue weighted by atomic mass is 10.2. The molecule has 2 aromatic rings. The first-order chi connectivity index (χ1) is 11.4. The van der Waals surface area contributed by atoms with Crippen LogP contribution in [0.15, 0.2) is 30.3 Å². The number of esters is 1. The second-order valence-electron chi connectivity index (χ2n) is 5.15. The number of hydrogen-bond donors (Lipinski definition) is 0. The molecule has 0 unspecified atom stereocenters. The van der Waals surface area contributed by atoms with Crippen LogP contribution < -0.4 is 0 Å². The number of rotatable bonds is 4. The fraction of sp³-hybridized carbons (Fsp3) is 0.222. The molecule has 0 saturated carbocycles. The van der Waals surface area contributed by atoms with Gasteiger partial charge in [-0.25, -0.2) is 4.79 Å². The van der Waals surface area contributed by atoms with Gasteiger partial charge in [-0.3, -0.25) is 9.36 Å². The molecule has 6 heteroatoms. The largest absolute Gasteiger partial charge is 0.463 e. The zero-order chi connectivity index (χ0) is 17.9. The number of ether oxygens (including phenoxy) is 1. The predicted molar refractivity (Wildman–Crippen MR) is 95.8 cm³/mol. The van der Waals surface area contributed by atoms with E-state index in [-0.39, 0.29) is 11.5 Å². The van der Waals surface area contributed by atoms with E-state index in [1.807, 2.05) is 6.07 Å². The Balaban J connectivity index is 2.42. The monoisotopic (exact) mass is 365 g/mol. The van der Waals surface area contributed by atoms with Crippen molar-refractivity contribution >= 4 is 41.2 Å². The molecule has 4 nitrogen and oxygen atoms in total. The van der Waals surface area contributed by atoms with Gasteiger partial charge in [0.25, 0.3) is 5.91 Å². The maximum atomic E-state index is 12.9. The van der Waals surface area contributed by atoms with E-state index in [1.165, 1.54) is 10.6 Å². The standard InChI is InChI=1S/C18H17Cl2NO3/c1-4-24-16(22)9-8-13-10-11(2)21(12(13)3)18(23)17-14(19)6-5-7-15(17)20/h5-10H,4H2,1-3H3/b9-8+. The molecule has 1 aromatic carbocycles. The van der Waals surface area contributed by atoms with Gasteiger partial charge in [-0.2, -0.15) is 0 Å². The second kappa shape index (κ2) is 7.69. The smallest absolute Gasteiger partial charge is 0.330 e. The van der Waals surface area contributed by atoms with Crippen molar-refractivity contribution in [1.29, 1.82) is 0 Å². The summed E-state index contributed by atoms with van der Waals surface area (Å²) >= 11 is 12.3. The van der Waals surface area contributed by atoms with Gasteiger partial charge in [0.1, 0.15) is 0 Å². The minimum Gasteiger partial charge on any atom is -0.463 e. The highest BCUT2D eigenvalue weighted by Gasteiger charge is 2.20. The molecule has 0 N–H and O–H groups in total. The van der Waals surface area contributed by atoms with Gasteiger partial charge < -0.3 is 4.74 Å². The maximum Gasteiger partial charge on any atom is 0.330 e. The van der Waals surface area contributed by atoms with Crippen molar-refractivity contribution in [2.75, 3.05) is 6.61 Å². The molecule has 0 bridgehead atoms. The molecule has 0 radical (unpaired) electrons. The van der Waals surface area contributed by atoms with Gasteiger partial charge >= 0.3 is 5.97 Å². The normalized spacial score (nSPS) is 11.0. The Morgan fingerprint density at radius 3 is 2.42 bits per heavy atom. The van der Waals surface area contributed by atoms with E-state index in [4.69, 9.17) is 27.9 Å². The summed E-state index contributed by atoms with van der Waals surface area (Å²) in [7, 11) is 0. The van der Waals surface area contributed by atoms with Crippen molar-refractivity contribution < 1.29 is 14.3 Å². The average molecular weight is 366 g/mol. The van der Waals surface area contributed by atoms with Crippen LogP contribution in [0.25, 0.3) is 6.08 Å². The van der Waals surface area contributed by atoms with Crippen molar-refractivity contribution in [3.8, 4) is 0 Å². The van der Waals surface area contributed by atoms with Crippen molar-refractivity contribution in [2.24, 2.45) is 0 Å². The Morgan fingerprint density at radius 1 is 1.21 bits per heavy atom. The van der Waals surface area contributed by atoms with Crippen LogP contribution in [0.2, 0.25) is 10.0 Å². The molecule has 0 aliphatic heterocycles. The molecule has 126 valence electrons. The maximum absolute atomic E-state index is 12.9. The van der Waals surface area contributed by atoms with Gasteiger partial charge in [-0.05, 0) is 50.6 Å². The summed E-state index contributed by atoms with van der Waals surface area (Å²) in [5.74, 6) is -0.737. The molecule has 1 heterocycles. The van der Waals surface area contributed by atoms with Crippen molar-refractivity contribution in [3.05, 3.63) is 62.9 Å². The molecule has 0 aliphatic rings. The Bertz CT molecular complexity index is 802. The second-order valence-corrected chi connectivity index (χ2v) is 5.96. The Hall–Kier alpha value is -2.04. The minimum atomic E-state index is -0.428. The van der Waals surface area contributed by atoms with Gasteiger partial charge in [0.05, 0.1) is 22.2 Å². The van der Waals surface area contributed by atoms with E-state index in [2.05, 4.69) is 0 Å². The van der Waals surface area contributed by atoms with E-state index in [1.54, 1.807) is 45.0 Å². The molecule has 0 spiro atoms. The fourth-order valence-corrected chi connectivity index (χ4v) is 2.99. The number of benzene rings is 1. The highest BCUT2D eigenvalue weighted by Crippen LogP contribution is 2.27. The summed E-state index contributed by atoms with van der Waals surface area (Å²) in [5.41, 5.74) is 2.41. The highest BCUT2D eigenvalue weighted by atomic mass is 35.5. The first-order valence-corrected chi connectivity index (χ1v) is 8.14. The summed E-state index contributed by atoms with van der Waals surface area (Å²) in [5, 5.41) is 0.590. The molecule has 24 heavy (non-hydrogen) atoms. The third-order valence-electron chi connectivity index (χ3n) is 3.54. The van der Waals surface area contributed by atoms with Crippen molar-refractivity contribution in [1.82, 2.24) is 4.57 Å². The van der Waals surface area contributed by atoms with Gasteiger partial charge in [0.15, 0.2) is 0 Å². The molecule has 0 aliphatic carbocycles. The molecule has 0 atom stereocenters. The third-order valence-corrected chi connectivity index (χ3v) is 4.17. The van der Waals surface area contributed by atoms with Crippen LogP contribution in [0.3, 0.4) is 0 Å². The van der Waals surface area contributed by atoms with E-state index in [9.17, 15) is 9.59 Å². The van der Waals surface area contributed by atoms with Crippen LogP contribution in [-0.2, 0) is 9.53 Å². The van der Waals surface area contributed by atoms with E-state index in [0.29, 0.717) is 22.3 Å². The van der Waals surface area contributed by atoms with Crippen LogP contribution in [0.5, 0.6) is 0 Å². The Kier molecular flexibility index (Phi) is 5.86. The van der Waals surface area contributed by atoms with Crippen molar-refractivity contribution in [2.45, 2.75) is 20.8 Å². The zero-order valence-electron chi connectivity index (χ0n) is 13.6. The van der Waals surface area contributed by atoms with Crippen LogP contribution in [0.1, 0.15) is 34.2 Å². The highest BCUT2D eigenvalue weighted by molar-refractivity contribution is 6.39. The lowest BCUT2D eigenvalue weighted by Crippen LogP contribution is -2.16. The molecule has 0 fully saturated rings. The van der Waals surface area contributed by atoms with Crippen molar-refractivity contribution in [3.63, 3.8) is 0 Å². The molecular weight excluding hydrogens is 349 g/mol. The lowest BCUT2D eigenvalue weighted by molar-refractivity contribution is -0.137. The van der Waals surface area contributed by atoms with Gasteiger partial charge in [0.2, 0.25) is 0 Å². The Morgan fingerprint density at radius 2 is 1.83 bits per heavy atom. The third kappa shape index (κ3) is 3.71. The first-order valence-electron chi connectivity index (χ1n) is 7.39. The number of carbonyl (C=O) groups is 2. The summed E-state index contributed by atoms with van der Waals surface area (Å²) < 4.78 is 6.38. The molecular formula is C18H17Cl2NO3.